The average molecular weight is 421 g/mol. The predicted octanol–water partition coefficient (Wildman–Crippen LogP) is 4.10. The van der Waals surface area contributed by atoms with E-state index < -0.39 is 9.15 Å². The lowest BCUT2D eigenvalue weighted by Gasteiger charge is -2.21. The SMILES string of the molecule is O=S(=O)(OCCNCCC1CCCCC1)SCCNCCC1CCCCC1. The summed E-state index contributed by atoms with van der Waals surface area (Å²) in [6, 6.07) is 0. The second-order valence-electron chi connectivity index (χ2n) is 8.14. The van der Waals surface area contributed by atoms with Crippen molar-refractivity contribution in [3.63, 3.8) is 0 Å². The first-order valence-corrected chi connectivity index (χ1v) is 14.0. The topological polar surface area (TPSA) is 67.4 Å². The summed E-state index contributed by atoms with van der Waals surface area (Å²) in [5.74, 6) is 2.27. The Balaban J connectivity index is 1.38. The van der Waals surface area contributed by atoms with E-state index in [0.717, 1.165) is 42.3 Å². The van der Waals surface area contributed by atoms with Crippen molar-refractivity contribution in [1.29, 1.82) is 0 Å². The van der Waals surface area contributed by atoms with E-state index in [1.54, 1.807) is 0 Å². The van der Waals surface area contributed by atoms with Crippen LogP contribution < -0.4 is 10.6 Å². The molecule has 2 rings (SSSR count). The molecule has 0 amide bonds. The van der Waals surface area contributed by atoms with Crippen molar-refractivity contribution in [3.05, 3.63) is 0 Å². The Labute approximate surface area is 170 Å². The largest absolute Gasteiger partial charge is 0.322 e. The van der Waals surface area contributed by atoms with Crippen LogP contribution in [0.25, 0.3) is 0 Å². The van der Waals surface area contributed by atoms with Gasteiger partial charge in [-0.15, -0.1) is 0 Å². The first-order valence-electron chi connectivity index (χ1n) is 11.1. The Kier molecular flexibility index (Phi) is 12.3. The summed E-state index contributed by atoms with van der Waals surface area (Å²) in [6.45, 7) is 3.52. The van der Waals surface area contributed by atoms with Crippen molar-refractivity contribution in [2.24, 2.45) is 11.8 Å². The van der Waals surface area contributed by atoms with Gasteiger partial charge in [0.15, 0.2) is 0 Å². The summed E-state index contributed by atoms with van der Waals surface area (Å²) < 4.78 is 28.8. The Morgan fingerprint density at radius 3 is 1.81 bits per heavy atom. The quantitative estimate of drug-likeness (QED) is 0.326. The van der Waals surface area contributed by atoms with Crippen LogP contribution in [0.15, 0.2) is 0 Å². The maximum Gasteiger partial charge on any atom is 0.322 e. The Bertz CT molecular complexity index is 426. The molecule has 0 aromatic heterocycles. The van der Waals surface area contributed by atoms with E-state index in [4.69, 9.17) is 4.18 Å². The summed E-state index contributed by atoms with van der Waals surface area (Å²) in [7, 11) is -2.55. The van der Waals surface area contributed by atoms with Gasteiger partial charge in [-0.05, 0) is 48.6 Å². The molecule has 0 atom stereocenters. The summed E-state index contributed by atoms with van der Waals surface area (Å²) in [5, 5.41) is 6.68. The van der Waals surface area contributed by atoms with Crippen LogP contribution >= 0.6 is 10.8 Å². The third-order valence-electron chi connectivity index (χ3n) is 5.92. The lowest BCUT2D eigenvalue weighted by atomic mass is 9.87. The van der Waals surface area contributed by atoms with E-state index in [9.17, 15) is 8.42 Å². The Morgan fingerprint density at radius 2 is 1.26 bits per heavy atom. The molecule has 0 bridgehead atoms. The molecular weight excluding hydrogens is 380 g/mol. The number of rotatable bonds is 14. The molecule has 2 aliphatic rings. The lowest BCUT2D eigenvalue weighted by molar-refractivity contribution is 0.309. The number of hydrogen-bond donors (Lipinski definition) is 2. The minimum Gasteiger partial charge on any atom is -0.316 e. The predicted molar refractivity (Wildman–Crippen MR) is 115 cm³/mol. The molecule has 5 nitrogen and oxygen atoms in total. The summed E-state index contributed by atoms with van der Waals surface area (Å²) in [6.07, 6.45) is 16.2. The van der Waals surface area contributed by atoms with E-state index >= 15 is 0 Å². The molecule has 0 spiro atoms. The van der Waals surface area contributed by atoms with Gasteiger partial charge in [-0.25, -0.2) is 0 Å². The van der Waals surface area contributed by atoms with E-state index in [0.29, 0.717) is 12.3 Å². The molecule has 0 aliphatic heterocycles. The monoisotopic (exact) mass is 420 g/mol. The lowest BCUT2D eigenvalue weighted by Crippen LogP contribution is -2.24. The van der Waals surface area contributed by atoms with Gasteiger partial charge in [0.2, 0.25) is 0 Å². The number of nitrogens with one attached hydrogen (secondary N) is 2. The Hall–Kier alpha value is 0.180. The van der Waals surface area contributed by atoms with E-state index in [1.165, 1.54) is 77.0 Å². The van der Waals surface area contributed by atoms with Gasteiger partial charge in [-0.2, -0.15) is 8.42 Å². The highest BCUT2D eigenvalue weighted by Gasteiger charge is 2.14. The van der Waals surface area contributed by atoms with Crippen molar-refractivity contribution in [3.8, 4) is 0 Å². The molecule has 0 heterocycles. The molecule has 0 aromatic carbocycles. The first kappa shape index (κ1) is 23.5. The van der Waals surface area contributed by atoms with Gasteiger partial charge in [-0.1, -0.05) is 64.2 Å². The maximum atomic E-state index is 11.9. The normalized spacial score (nSPS) is 20.1. The second kappa shape index (κ2) is 14.2. The molecule has 27 heavy (non-hydrogen) atoms. The molecule has 0 aromatic rings. The number of hydrogen-bond acceptors (Lipinski definition) is 6. The summed E-state index contributed by atoms with van der Waals surface area (Å²) in [4.78, 5) is 0. The maximum absolute atomic E-state index is 11.9. The van der Waals surface area contributed by atoms with Crippen LogP contribution in [-0.4, -0.2) is 47.0 Å². The molecule has 2 aliphatic carbocycles. The van der Waals surface area contributed by atoms with E-state index in [-0.39, 0.29) is 6.61 Å². The standard InChI is InChI=1S/C20H40N2O3S2/c23-27(24,25-17-15-21-13-11-19-7-3-1-4-8-19)26-18-16-22-14-12-20-9-5-2-6-10-20/h19-22H,1-18H2. The minimum atomic E-state index is -3.46. The van der Waals surface area contributed by atoms with Gasteiger partial charge in [-0.3, -0.25) is 4.18 Å². The molecule has 2 saturated carbocycles. The fourth-order valence-electron chi connectivity index (χ4n) is 4.28. The average Bonchev–Trinajstić information content (AvgIpc) is 2.69. The molecule has 0 saturated heterocycles. The molecule has 0 unspecified atom stereocenters. The van der Waals surface area contributed by atoms with Gasteiger partial charge in [0.1, 0.15) is 0 Å². The Morgan fingerprint density at radius 1 is 0.741 bits per heavy atom. The van der Waals surface area contributed by atoms with Crippen LogP contribution in [0, 0.1) is 11.8 Å². The van der Waals surface area contributed by atoms with Crippen molar-refractivity contribution in [1.82, 2.24) is 10.6 Å². The zero-order chi connectivity index (χ0) is 19.2. The van der Waals surface area contributed by atoms with E-state index in [1.807, 2.05) is 0 Å². The van der Waals surface area contributed by atoms with E-state index in [2.05, 4.69) is 10.6 Å². The van der Waals surface area contributed by atoms with Crippen LogP contribution in [0.2, 0.25) is 0 Å². The van der Waals surface area contributed by atoms with Gasteiger partial charge in [0, 0.05) is 18.8 Å². The minimum absolute atomic E-state index is 0.231. The van der Waals surface area contributed by atoms with Crippen molar-refractivity contribution >= 4 is 19.9 Å². The fourth-order valence-corrected chi connectivity index (χ4v) is 6.34. The highest BCUT2D eigenvalue weighted by molar-refractivity contribution is 8.70. The van der Waals surface area contributed by atoms with Gasteiger partial charge in [0.25, 0.3) is 0 Å². The molecule has 7 heteroatoms. The van der Waals surface area contributed by atoms with Crippen LogP contribution in [0.4, 0.5) is 0 Å². The third-order valence-corrected chi connectivity index (χ3v) is 8.69. The molecular formula is C20H40N2O3S2. The highest BCUT2D eigenvalue weighted by Crippen LogP contribution is 2.26. The van der Waals surface area contributed by atoms with Crippen molar-refractivity contribution in [2.75, 3.05) is 38.5 Å². The van der Waals surface area contributed by atoms with Crippen molar-refractivity contribution in [2.45, 2.75) is 77.0 Å². The van der Waals surface area contributed by atoms with Gasteiger partial charge < -0.3 is 10.6 Å². The first-order chi connectivity index (χ1) is 13.2. The van der Waals surface area contributed by atoms with Crippen molar-refractivity contribution < 1.29 is 12.6 Å². The van der Waals surface area contributed by atoms with Crippen LogP contribution in [0.5, 0.6) is 0 Å². The highest BCUT2D eigenvalue weighted by atomic mass is 33.1. The molecule has 2 N–H and O–H groups in total. The summed E-state index contributed by atoms with van der Waals surface area (Å²) in [5.41, 5.74) is 0. The summed E-state index contributed by atoms with van der Waals surface area (Å²) >= 11 is 0. The van der Waals surface area contributed by atoms with Crippen LogP contribution in [0.3, 0.4) is 0 Å². The molecule has 2 fully saturated rings. The zero-order valence-electron chi connectivity index (χ0n) is 16.9. The van der Waals surface area contributed by atoms with Crippen LogP contribution in [-0.2, 0) is 13.3 Å². The van der Waals surface area contributed by atoms with Gasteiger partial charge in [0.05, 0.1) is 6.61 Å². The van der Waals surface area contributed by atoms with Crippen LogP contribution in [0.1, 0.15) is 77.0 Å². The third kappa shape index (κ3) is 11.7. The smallest absolute Gasteiger partial charge is 0.316 e. The second-order valence-corrected chi connectivity index (χ2v) is 11.8. The zero-order valence-corrected chi connectivity index (χ0v) is 18.6. The molecule has 0 radical (unpaired) electrons. The fraction of sp³-hybridized carbons (Fsp3) is 1.00. The van der Waals surface area contributed by atoms with Gasteiger partial charge >= 0.3 is 9.15 Å². The molecule has 160 valence electrons.